The molecule has 106 valence electrons. The van der Waals surface area contributed by atoms with E-state index in [0.29, 0.717) is 21.8 Å². The Balaban J connectivity index is 2.45. The standard InChI is InChI=1S/C14H14BrCl2N3/c1-7(2)13-19-12(17)8(3)14(20-13)18-10-6-4-5-9(16)11(10)15/h4-7H,1-3H3,(H,18,19,20). The summed E-state index contributed by atoms with van der Waals surface area (Å²) in [6.45, 7) is 5.94. The SMILES string of the molecule is Cc1c(Cl)nc(C(C)C)nc1Nc1cccc(Cl)c1Br. The van der Waals surface area contributed by atoms with Crippen LogP contribution >= 0.6 is 39.1 Å². The Hall–Kier alpha value is -0.840. The Morgan fingerprint density at radius 2 is 1.90 bits per heavy atom. The maximum Gasteiger partial charge on any atom is 0.138 e. The molecule has 0 radical (unpaired) electrons. The van der Waals surface area contributed by atoms with Crippen molar-refractivity contribution in [3.63, 3.8) is 0 Å². The summed E-state index contributed by atoms with van der Waals surface area (Å²) in [6.07, 6.45) is 0. The van der Waals surface area contributed by atoms with Crippen molar-refractivity contribution in [2.24, 2.45) is 0 Å². The van der Waals surface area contributed by atoms with Crippen molar-refractivity contribution in [2.75, 3.05) is 5.32 Å². The minimum Gasteiger partial charge on any atom is -0.339 e. The predicted octanol–water partition coefficient (Wildman–Crippen LogP) is 5.72. The van der Waals surface area contributed by atoms with E-state index >= 15 is 0 Å². The fourth-order valence-electron chi connectivity index (χ4n) is 1.61. The Labute approximate surface area is 136 Å². The van der Waals surface area contributed by atoms with Crippen molar-refractivity contribution >= 4 is 50.6 Å². The molecule has 1 aromatic heterocycles. The van der Waals surface area contributed by atoms with Crippen molar-refractivity contribution in [3.8, 4) is 0 Å². The van der Waals surface area contributed by atoms with Gasteiger partial charge in [-0.05, 0) is 35.0 Å². The van der Waals surface area contributed by atoms with Gasteiger partial charge in [0.2, 0.25) is 0 Å². The van der Waals surface area contributed by atoms with Crippen LogP contribution in [0.5, 0.6) is 0 Å². The van der Waals surface area contributed by atoms with Gasteiger partial charge in [-0.15, -0.1) is 0 Å². The van der Waals surface area contributed by atoms with Crippen LogP contribution in [0.3, 0.4) is 0 Å². The number of rotatable bonds is 3. The molecule has 0 atom stereocenters. The molecule has 0 aliphatic heterocycles. The first-order valence-electron chi connectivity index (χ1n) is 6.15. The van der Waals surface area contributed by atoms with E-state index in [1.54, 1.807) is 0 Å². The molecule has 0 fully saturated rings. The first-order chi connectivity index (χ1) is 9.40. The molecule has 0 saturated heterocycles. The molecule has 2 aromatic rings. The quantitative estimate of drug-likeness (QED) is 0.698. The van der Waals surface area contributed by atoms with Crippen LogP contribution in [-0.2, 0) is 0 Å². The molecule has 20 heavy (non-hydrogen) atoms. The summed E-state index contributed by atoms with van der Waals surface area (Å²) in [4.78, 5) is 8.82. The van der Waals surface area contributed by atoms with Gasteiger partial charge < -0.3 is 5.32 Å². The van der Waals surface area contributed by atoms with E-state index in [0.717, 1.165) is 15.7 Å². The van der Waals surface area contributed by atoms with Crippen LogP contribution in [0, 0.1) is 6.92 Å². The van der Waals surface area contributed by atoms with Gasteiger partial charge in [0.15, 0.2) is 0 Å². The van der Waals surface area contributed by atoms with Gasteiger partial charge in [-0.25, -0.2) is 9.97 Å². The number of hydrogen-bond donors (Lipinski definition) is 1. The number of aromatic nitrogens is 2. The summed E-state index contributed by atoms with van der Waals surface area (Å²) in [7, 11) is 0. The normalized spacial score (nSPS) is 10.9. The molecule has 0 spiro atoms. The lowest BCUT2D eigenvalue weighted by Crippen LogP contribution is -2.05. The molecular weight excluding hydrogens is 361 g/mol. The minimum atomic E-state index is 0.205. The molecule has 0 unspecified atom stereocenters. The number of benzene rings is 1. The Bertz CT molecular complexity index is 645. The van der Waals surface area contributed by atoms with Gasteiger partial charge in [-0.3, -0.25) is 0 Å². The number of halogens is 3. The summed E-state index contributed by atoms with van der Waals surface area (Å²) in [6, 6.07) is 5.60. The van der Waals surface area contributed by atoms with Gasteiger partial charge in [0.1, 0.15) is 16.8 Å². The molecule has 0 aliphatic rings. The molecule has 1 heterocycles. The highest BCUT2D eigenvalue weighted by Crippen LogP contribution is 2.33. The Kier molecular flexibility index (Phi) is 4.89. The molecule has 1 N–H and O–H groups in total. The highest BCUT2D eigenvalue weighted by Gasteiger charge is 2.13. The zero-order valence-corrected chi connectivity index (χ0v) is 14.4. The van der Waals surface area contributed by atoms with Crippen LogP contribution in [0.1, 0.15) is 31.2 Å². The Morgan fingerprint density at radius 1 is 1.20 bits per heavy atom. The zero-order valence-electron chi connectivity index (χ0n) is 11.3. The topological polar surface area (TPSA) is 37.8 Å². The molecule has 2 rings (SSSR count). The van der Waals surface area contributed by atoms with Gasteiger partial charge in [-0.1, -0.05) is 43.1 Å². The van der Waals surface area contributed by atoms with Gasteiger partial charge in [0.25, 0.3) is 0 Å². The fraction of sp³-hybridized carbons (Fsp3) is 0.286. The maximum atomic E-state index is 6.17. The smallest absolute Gasteiger partial charge is 0.138 e. The van der Waals surface area contributed by atoms with Crippen molar-refractivity contribution in [3.05, 3.63) is 44.2 Å². The van der Waals surface area contributed by atoms with Crippen LogP contribution in [-0.4, -0.2) is 9.97 Å². The van der Waals surface area contributed by atoms with E-state index in [1.165, 1.54) is 0 Å². The minimum absolute atomic E-state index is 0.205. The Morgan fingerprint density at radius 3 is 2.55 bits per heavy atom. The van der Waals surface area contributed by atoms with Crippen molar-refractivity contribution in [1.82, 2.24) is 9.97 Å². The van der Waals surface area contributed by atoms with Crippen LogP contribution < -0.4 is 5.32 Å². The molecule has 0 aliphatic carbocycles. The third-order valence-electron chi connectivity index (χ3n) is 2.82. The second-order valence-electron chi connectivity index (χ2n) is 4.73. The highest BCUT2D eigenvalue weighted by molar-refractivity contribution is 9.10. The summed E-state index contributed by atoms with van der Waals surface area (Å²) < 4.78 is 0.793. The highest BCUT2D eigenvalue weighted by atomic mass is 79.9. The van der Waals surface area contributed by atoms with E-state index in [-0.39, 0.29) is 5.92 Å². The summed E-state index contributed by atoms with van der Waals surface area (Å²) in [5.41, 5.74) is 1.65. The second-order valence-corrected chi connectivity index (χ2v) is 6.29. The molecule has 6 heteroatoms. The lowest BCUT2D eigenvalue weighted by atomic mass is 10.2. The van der Waals surface area contributed by atoms with E-state index in [1.807, 2.05) is 39.0 Å². The van der Waals surface area contributed by atoms with Crippen LogP contribution in [0.15, 0.2) is 22.7 Å². The van der Waals surface area contributed by atoms with E-state index in [4.69, 9.17) is 23.2 Å². The first-order valence-corrected chi connectivity index (χ1v) is 7.70. The van der Waals surface area contributed by atoms with Gasteiger partial charge in [0, 0.05) is 11.5 Å². The average molecular weight is 375 g/mol. The fourth-order valence-corrected chi connectivity index (χ4v) is 2.33. The van der Waals surface area contributed by atoms with Crippen LogP contribution in [0.4, 0.5) is 11.5 Å². The summed E-state index contributed by atoms with van der Waals surface area (Å²) in [5, 5.41) is 4.35. The van der Waals surface area contributed by atoms with Crippen LogP contribution in [0.25, 0.3) is 0 Å². The molecular formula is C14H14BrCl2N3. The monoisotopic (exact) mass is 373 g/mol. The molecule has 0 saturated carbocycles. The second kappa shape index (κ2) is 6.29. The van der Waals surface area contributed by atoms with E-state index < -0.39 is 0 Å². The van der Waals surface area contributed by atoms with Gasteiger partial charge in [0.05, 0.1) is 15.2 Å². The summed E-state index contributed by atoms with van der Waals surface area (Å²) in [5.74, 6) is 1.61. The third-order valence-corrected chi connectivity index (χ3v) is 4.59. The zero-order chi connectivity index (χ0) is 14.9. The largest absolute Gasteiger partial charge is 0.339 e. The van der Waals surface area contributed by atoms with Gasteiger partial charge in [-0.2, -0.15) is 0 Å². The van der Waals surface area contributed by atoms with Crippen LogP contribution in [0.2, 0.25) is 10.2 Å². The molecule has 0 amide bonds. The summed E-state index contributed by atoms with van der Waals surface area (Å²) >= 11 is 15.7. The third kappa shape index (κ3) is 3.25. The number of anilines is 2. The predicted molar refractivity (Wildman–Crippen MR) is 88.3 cm³/mol. The van der Waals surface area contributed by atoms with E-state index in [2.05, 4.69) is 31.2 Å². The number of nitrogens with zero attached hydrogens (tertiary/aromatic N) is 2. The average Bonchev–Trinajstić information content (AvgIpc) is 2.39. The maximum absolute atomic E-state index is 6.17. The van der Waals surface area contributed by atoms with Crippen molar-refractivity contribution < 1.29 is 0 Å². The molecule has 3 nitrogen and oxygen atoms in total. The lowest BCUT2D eigenvalue weighted by molar-refractivity contribution is 0.773. The molecule has 0 bridgehead atoms. The molecule has 1 aromatic carbocycles. The first kappa shape index (κ1) is 15.5. The van der Waals surface area contributed by atoms with Gasteiger partial charge >= 0.3 is 0 Å². The van der Waals surface area contributed by atoms with Crippen molar-refractivity contribution in [1.29, 1.82) is 0 Å². The number of hydrogen-bond acceptors (Lipinski definition) is 3. The number of nitrogens with one attached hydrogen (secondary N) is 1. The van der Waals surface area contributed by atoms with E-state index in [9.17, 15) is 0 Å². The lowest BCUT2D eigenvalue weighted by Gasteiger charge is -2.14. The van der Waals surface area contributed by atoms with Crippen molar-refractivity contribution in [2.45, 2.75) is 26.7 Å².